The number of benzene rings is 2. The quantitative estimate of drug-likeness (QED) is 0.617. The molecule has 4 nitrogen and oxygen atoms in total. The highest BCUT2D eigenvalue weighted by Gasteiger charge is 2.41. The van der Waals surface area contributed by atoms with Crippen LogP contribution in [0.4, 0.5) is 5.69 Å². The number of amides is 1. The first-order valence-electron chi connectivity index (χ1n) is 6.09. The molecule has 3 rings (SSSR count). The Balaban J connectivity index is 2.10. The van der Waals surface area contributed by atoms with Crippen molar-refractivity contribution in [1.82, 2.24) is 0 Å². The number of nitrogens with zero attached hydrogens (tertiary/aromatic N) is 3. The molecule has 0 atom stereocenters. The van der Waals surface area contributed by atoms with Gasteiger partial charge in [0, 0.05) is 0 Å². The molecular weight excluding hydrogens is 274 g/mol. The smallest absolute Gasteiger partial charge is 0.361 e. The number of rotatable bonds is 2. The first-order chi connectivity index (χ1) is 9.72. The molecule has 20 heavy (non-hydrogen) atoms. The van der Waals surface area contributed by atoms with Gasteiger partial charge in [-0.3, -0.25) is 9.69 Å². The molecule has 1 heterocycles. The van der Waals surface area contributed by atoms with Crippen LogP contribution in [0.1, 0.15) is 11.1 Å². The molecule has 1 aliphatic heterocycles. The summed E-state index contributed by atoms with van der Waals surface area (Å²) in [6, 6.07) is 14.7. The zero-order valence-corrected chi connectivity index (χ0v) is 11.2. The van der Waals surface area contributed by atoms with E-state index >= 15 is 0 Å². The van der Waals surface area contributed by atoms with E-state index in [1.54, 1.807) is 18.2 Å². The van der Waals surface area contributed by atoms with Crippen molar-refractivity contribution in [2.24, 2.45) is 0 Å². The number of hydrogen-bond acceptors (Lipinski definition) is 1. The summed E-state index contributed by atoms with van der Waals surface area (Å²) in [5, 5.41) is 0.463. The lowest BCUT2D eigenvalue weighted by atomic mass is 10.1. The first kappa shape index (κ1) is 12.6. The maximum atomic E-state index is 12.3. The molecule has 0 fully saturated rings. The summed E-state index contributed by atoms with van der Waals surface area (Å²) in [5.41, 5.74) is 11.2. The molecule has 0 bridgehead atoms. The van der Waals surface area contributed by atoms with Gasteiger partial charge in [0.2, 0.25) is 0 Å². The molecule has 0 radical (unpaired) electrons. The minimum Gasteiger partial charge on any atom is -0.361 e. The van der Waals surface area contributed by atoms with Crippen LogP contribution in [0.5, 0.6) is 0 Å². The number of fused-ring (bicyclic) bond motifs is 1. The largest absolute Gasteiger partial charge is 0.389 e. The van der Waals surface area contributed by atoms with Crippen molar-refractivity contribution in [2.45, 2.75) is 6.54 Å². The van der Waals surface area contributed by atoms with Crippen LogP contribution < -0.4 is 4.90 Å². The summed E-state index contributed by atoms with van der Waals surface area (Å²) < 4.78 is 0. The molecule has 0 unspecified atom stereocenters. The molecule has 2 aromatic carbocycles. The van der Waals surface area contributed by atoms with E-state index in [9.17, 15) is 4.79 Å². The summed E-state index contributed by atoms with van der Waals surface area (Å²) in [4.78, 5) is 17.0. The van der Waals surface area contributed by atoms with Crippen LogP contribution in [0.25, 0.3) is 5.53 Å². The molecule has 0 spiro atoms. The summed E-state index contributed by atoms with van der Waals surface area (Å²) in [5.74, 6) is -0.348. The third-order valence-electron chi connectivity index (χ3n) is 3.24. The van der Waals surface area contributed by atoms with Crippen molar-refractivity contribution in [3.63, 3.8) is 0 Å². The Morgan fingerprint density at radius 2 is 1.85 bits per heavy atom. The van der Waals surface area contributed by atoms with Crippen molar-refractivity contribution in [2.75, 3.05) is 4.90 Å². The lowest BCUT2D eigenvalue weighted by Gasteiger charge is -2.16. The predicted octanol–water partition coefficient (Wildman–Crippen LogP) is 2.91. The zero-order valence-electron chi connectivity index (χ0n) is 10.5. The number of carbonyl (C=O) groups excluding carboxylic acids is 1. The van der Waals surface area contributed by atoms with E-state index < -0.39 is 0 Å². The number of carbonyl (C=O) groups is 1. The SMILES string of the molecule is [N-]=[N+]=C1C(=O)N(Cc2ccccc2)c2c(Cl)cccc21. The Morgan fingerprint density at radius 1 is 1.10 bits per heavy atom. The Bertz CT molecular complexity index is 736. The van der Waals surface area contributed by atoms with Crippen LogP contribution in [-0.2, 0) is 11.3 Å². The van der Waals surface area contributed by atoms with Gasteiger partial charge in [-0.1, -0.05) is 48.0 Å². The van der Waals surface area contributed by atoms with Crippen LogP contribution in [0.2, 0.25) is 5.02 Å². The van der Waals surface area contributed by atoms with Gasteiger partial charge < -0.3 is 5.53 Å². The summed E-state index contributed by atoms with van der Waals surface area (Å²) >= 11 is 6.19. The molecule has 0 aliphatic carbocycles. The van der Waals surface area contributed by atoms with Crippen LogP contribution >= 0.6 is 11.6 Å². The molecule has 98 valence electrons. The van der Waals surface area contributed by atoms with Crippen LogP contribution in [-0.4, -0.2) is 16.4 Å². The molecule has 0 aromatic heterocycles. The standard InChI is InChI=1S/C15H10ClN3O/c16-12-8-4-7-11-13(18-17)15(20)19(14(11)12)9-10-5-2-1-3-6-10/h1-8H,9H2. The van der Waals surface area contributed by atoms with Gasteiger partial charge >= 0.3 is 11.6 Å². The summed E-state index contributed by atoms with van der Waals surface area (Å²) in [6.07, 6.45) is 0. The lowest BCUT2D eigenvalue weighted by Crippen LogP contribution is -2.30. The lowest BCUT2D eigenvalue weighted by molar-refractivity contribution is -0.116. The second kappa shape index (κ2) is 4.93. The van der Waals surface area contributed by atoms with E-state index in [-0.39, 0.29) is 11.6 Å². The van der Waals surface area contributed by atoms with E-state index in [0.717, 1.165) is 5.56 Å². The van der Waals surface area contributed by atoms with Gasteiger partial charge in [0.1, 0.15) is 0 Å². The van der Waals surface area contributed by atoms with Crippen LogP contribution in [0.3, 0.4) is 0 Å². The minimum absolute atomic E-state index is 0.0263. The highest BCUT2D eigenvalue weighted by Crippen LogP contribution is 2.36. The number of halogens is 1. The molecule has 5 heteroatoms. The average molecular weight is 284 g/mol. The van der Waals surface area contributed by atoms with Gasteiger partial charge in [-0.25, -0.2) is 0 Å². The Hall–Kier alpha value is -2.42. The fourth-order valence-electron chi connectivity index (χ4n) is 2.34. The zero-order chi connectivity index (χ0) is 14.1. The molecule has 1 amide bonds. The normalized spacial score (nSPS) is 13.3. The molecule has 0 saturated carbocycles. The number of para-hydroxylation sites is 1. The Labute approximate surface area is 120 Å². The van der Waals surface area contributed by atoms with Crippen molar-refractivity contribution >= 4 is 28.9 Å². The Kier molecular flexibility index (Phi) is 3.11. The molecule has 0 saturated heterocycles. The third-order valence-corrected chi connectivity index (χ3v) is 3.55. The molecular formula is C15H10ClN3O. The van der Waals surface area contributed by atoms with Gasteiger partial charge in [0.05, 0.1) is 22.8 Å². The first-order valence-corrected chi connectivity index (χ1v) is 6.47. The van der Waals surface area contributed by atoms with Gasteiger partial charge in [-0.05, 0) is 17.7 Å². The fraction of sp³-hybridized carbons (Fsp3) is 0.0667. The van der Waals surface area contributed by atoms with Gasteiger partial charge in [0.15, 0.2) is 0 Å². The van der Waals surface area contributed by atoms with Crippen molar-refractivity contribution < 1.29 is 9.58 Å². The Morgan fingerprint density at radius 3 is 2.55 bits per heavy atom. The van der Waals surface area contributed by atoms with E-state index in [0.29, 0.717) is 22.8 Å². The van der Waals surface area contributed by atoms with E-state index in [1.807, 2.05) is 30.3 Å². The molecule has 1 aliphatic rings. The van der Waals surface area contributed by atoms with Gasteiger partial charge in [-0.15, -0.1) is 0 Å². The van der Waals surface area contributed by atoms with Crippen molar-refractivity contribution in [3.8, 4) is 0 Å². The maximum Gasteiger partial charge on any atom is 0.389 e. The van der Waals surface area contributed by atoms with Crippen molar-refractivity contribution in [1.29, 1.82) is 0 Å². The second-order valence-electron chi connectivity index (χ2n) is 4.46. The average Bonchev–Trinajstić information content (AvgIpc) is 2.73. The number of hydrogen-bond donors (Lipinski definition) is 0. The van der Waals surface area contributed by atoms with Gasteiger partial charge in [0.25, 0.3) is 0 Å². The fourth-order valence-corrected chi connectivity index (χ4v) is 2.62. The maximum absolute atomic E-state index is 12.3. The van der Waals surface area contributed by atoms with E-state index in [4.69, 9.17) is 17.1 Å². The number of anilines is 1. The van der Waals surface area contributed by atoms with Crippen LogP contribution in [0, 0.1) is 0 Å². The summed E-state index contributed by atoms with van der Waals surface area (Å²) in [6.45, 7) is 0.384. The monoisotopic (exact) mass is 283 g/mol. The second-order valence-corrected chi connectivity index (χ2v) is 4.87. The minimum atomic E-state index is -0.348. The van der Waals surface area contributed by atoms with Gasteiger partial charge in [-0.2, -0.15) is 4.79 Å². The highest BCUT2D eigenvalue weighted by atomic mass is 35.5. The summed E-state index contributed by atoms with van der Waals surface area (Å²) in [7, 11) is 0. The third kappa shape index (κ3) is 1.92. The van der Waals surface area contributed by atoms with Crippen molar-refractivity contribution in [3.05, 3.63) is 70.2 Å². The highest BCUT2D eigenvalue weighted by molar-refractivity contribution is 6.54. The van der Waals surface area contributed by atoms with Crippen LogP contribution in [0.15, 0.2) is 48.5 Å². The van der Waals surface area contributed by atoms with E-state index in [1.165, 1.54) is 4.90 Å². The molecule has 2 aromatic rings. The van der Waals surface area contributed by atoms with E-state index in [2.05, 4.69) is 4.79 Å². The predicted molar refractivity (Wildman–Crippen MR) is 76.8 cm³/mol. The molecule has 0 N–H and O–H groups in total. The topological polar surface area (TPSA) is 56.7 Å².